The predicted octanol–water partition coefficient (Wildman–Crippen LogP) is 15.2. The SMILES string of the molecule is CN(C)CCC(C)(C)CC(C)(C)CC(=O)OC(CCCCCCCC/C=C\C/C=C\CC(=O)OCc1ccccc1)CCCCCCCC/C=C\C/C=C\CC(=O)OCc1ccccc1. The fourth-order valence-corrected chi connectivity index (χ4v) is 8.27. The van der Waals surface area contributed by atoms with E-state index in [9.17, 15) is 14.4 Å². The van der Waals surface area contributed by atoms with E-state index in [0.717, 1.165) is 81.9 Å². The first-order chi connectivity index (χ1) is 31.3. The second-order valence-corrected chi connectivity index (χ2v) is 19.8. The van der Waals surface area contributed by atoms with E-state index in [0.29, 0.717) is 32.5 Å². The van der Waals surface area contributed by atoms with Crippen LogP contribution in [0.15, 0.2) is 109 Å². The van der Waals surface area contributed by atoms with Gasteiger partial charge in [-0.3, -0.25) is 14.4 Å². The van der Waals surface area contributed by atoms with Crippen LogP contribution < -0.4 is 0 Å². The van der Waals surface area contributed by atoms with Crippen molar-refractivity contribution >= 4 is 17.9 Å². The summed E-state index contributed by atoms with van der Waals surface area (Å²) < 4.78 is 16.9. The molecule has 0 aromatic heterocycles. The highest BCUT2D eigenvalue weighted by Gasteiger charge is 2.32. The summed E-state index contributed by atoms with van der Waals surface area (Å²) >= 11 is 0. The van der Waals surface area contributed by atoms with Gasteiger partial charge in [0.25, 0.3) is 0 Å². The number of carbonyl (C=O) groups is 3. The predicted molar refractivity (Wildman–Crippen MR) is 271 cm³/mol. The maximum atomic E-state index is 13.4. The number of benzene rings is 2. The number of ether oxygens (including phenoxy) is 3. The van der Waals surface area contributed by atoms with Gasteiger partial charge in [0, 0.05) is 0 Å². The van der Waals surface area contributed by atoms with Crippen molar-refractivity contribution in [2.75, 3.05) is 20.6 Å². The second kappa shape index (κ2) is 36.0. The lowest BCUT2D eigenvalue weighted by Gasteiger charge is -2.35. The molecule has 0 aliphatic rings. The molecular formula is C58H89NO6. The van der Waals surface area contributed by atoms with Crippen molar-refractivity contribution in [1.82, 2.24) is 4.90 Å². The lowest BCUT2D eigenvalue weighted by molar-refractivity contribution is -0.153. The van der Waals surface area contributed by atoms with Gasteiger partial charge >= 0.3 is 17.9 Å². The van der Waals surface area contributed by atoms with Crippen molar-refractivity contribution in [2.24, 2.45) is 10.8 Å². The summed E-state index contributed by atoms with van der Waals surface area (Å²) in [6.45, 7) is 10.8. The summed E-state index contributed by atoms with van der Waals surface area (Å²) in [7, 11) is 4.25. The van der Waals surface area contributed by atoms with Crippen LogP contribution in [0.25, 0.3) is 0 Å². The van der Waals surface area contributed by atoms with Crippen LogP contribution in [0.1, 0.15) is 187 Å². The third kappa shape index (κ3) is 33.8. The summed E-state index contributed by atoms with van der Waals surface area (Å²) in [6, 6.07) is 19.5. The van der Waals surface area contributed by atoms with E-state index in [2.05, 4.69) is 71.0 Å². The Morgan fingerprint density at radius 2 is 0.938 bits per heavy atom. The average Bonchev–Trinajstić information content (AvgIpc) is 3.27. The van der Waals surface area contributed by atoms with Crippen molar-refractivity contribution in [3.05, 3.63) is 120 Å². The number of carbonyl (C=O) groups excluding carboxylic acids is 3. The van der Waals surface area contributed by atoms with Crippen LogP contribution in [0.3, 0.4) is 0 Å². The van der Waals surface area contributed by atoms with E-state index in [1.807, 2.05) is 85.0 Å². The third-order valence-electron chi connectivity index (χ3n) is 11.7. The monoisotopic (exact) mass is 896 g/mol. The van der Waals surface area contributed by atoms with E-state index in [1.165, 1.54) is 64.2 Å². The molecule has 7 heteroatoms. The second-order valence-electron chi connectivity index (χ2n) is 19.8. The normalized spacial score (nSPS) is 12.4. The molecule has 2 rings (SSSR count). The van der Waals surface area contributed by atoms with Crippen molar-refractivity contribution in [1.29, 1.82) is 0 Å². The highest BCUT2D eigenvalue weighted by atomic mass is 16.5. The zero-order valence-corrected chi connectivity index (χ0v) is 41.8. The van der Waals surface area contributed by atoms with Gasteiger partial charge in [0.15, 0.2) is 0 Å². The van der Waals surface area contributed by atoms with E-state index >= 15 is 0 Å². The zero-order valence-electron chi connectivity index (χ0n) is 41.8. The van der Waals surface area contributed by atoms with Gasteiger partial charge in [0.1, 0.15) is 19.3 Å². The molecule has 0 bridgehead atoms. The molecule has 0 heterocycles. The number of unbranched alkanes of at least 4 members (excludes halogenated alkanes) is 12. The van der Waals surface area contributed by atoms with Crippen LogP contribution in [0.5, 0.6) is 0 Å². The Balaban J connectivity index is 1.62. The van der Waals surface area contributed by atoms with Gasteiger partial charge in [-0.15, -0.1) is 0 Å². The molecule has 0 fully saturated rings. The van der Waals surface area contributed by atoms with Crippen LogP contribution in [-0.2, 0) is 41.8 Å². The largest absolute Gasteiger partial charge is 0.462 e. The Morgan fingerprint density at radius 3 is 1.38 bits per heavy atom. The maximum Gasteiger partial charge on any atom is 0.309 e. The van der Waals surface area contributed by atoms with Crippen molar-refractivity contribution < 1.29 is 28.6 Å². The minimum atomic E-state index is -0.200. The lowest BCUT2D eigenvalue weighted by atomic mass is 9.72. The van der Waals surface area contributed by atoms with Gasteiger partial charge in [0.05, 0.1) is 19.3 Å². The van der Waals surface area contributed by atoms with Crippen molar-refractivity contribution in [3.63, 3.8) is 0 Å². The molecule has 65 heavy (non-hydrogen) atoms. The Kier molecular flexibility index (Phi) is 31.5. The fraction of sp³-hybridized carbons (Fsp3) is 0.603. The number of rotatable bonds is 38. The van der Waals surface area contributed by atoms with E-state index < -0.39 is 0 Å². The summed E-state index contributed by atoms with van der Waals surface area (Å²) in [6.07, 6.45) is 40.0. The zero-order chi connectivity index (χ0) is 47.3. The average molecular weight is 896 g/mol. The molecule has 0 aliphatic heterocycles. The lowest BCUT2D eigenvalue weighted by Crippen LogP contribution is -2.30. The van der Waals surface area contributed by atoms with E-state index in [4.69, 9.17) is 14.2 Å². The van der Waals surface area contributed by atoms with Gasteiger partial charge in [-0.25, -0.2) is 0 Å². The molecule has 0 saturated carbocycles. The molecule has 0 radical (unpaired) electrons. The van der Waals surface area contributed by atoms with Crippen molar-refractivity contribution in [2.45, 2.75) is 195 Å². The summed E-state index contributed by atoms with van der Waals surface area (Å²) in [4.78, 5) is 39.5. The number of hydrogen-bond donors (Lipinski definition) is 0. The molecule has 0 aliphatic carbocycles. The molecule has 0 unspecified atom stereocenters. The van der Waals surface area contributed by atoms with Gasteiger partial charge in [-0.05, 0) is 120 Å². The Bertz CT molecular complexity index is 1540. The first kappa shape index (κ1) is 56.9. The number of nitrogens with zero attached hydrogens (tertiary/aromatic N) is 1. The Morgan fingerprint density at radius 1 is 0.523 bits per heavy atom. The molecule has 362 valence electrons. The molecule has 0 N–H and O–H groups in total. The van der Waals surface area contributed by atoms with E-state index in [1.54, 1.807) is 0 Å². The highest BCUT2D eigenvalue weighted by Crippen LogP contribution is 2.39. The third-order valence-corrected chi connectivity index (χ3v) is 11.7. The molecule has 0 spiro atoms. The topological polar surface area (TPSA) is 82.1 Å². The standard InChI is InChI=1S/C58H89NO6/c1-57(2,45-46-59(5)6)50-58(3,4)47-56(62)65-53(41-33-23-19-15-11-7-9-13-17-21-25-35-43-54(60)63-48-51-37-29-27-30-38-51)42-34-24-20-16-12-8-10-14-18-22-26-36-44-55(61)64-49-52-39-31-28-32-40-52/h13-14,17-18,25-32,35-40,53H,7-12,15-16,19-24,33-34,41-50H2,1-6H3/b17-13-,18-14-,35-25-,36-26-. The van der Waals surface area contributed by atoms with Crippen molar-refractivity contribution in [3.8, 4) is 0 Å². The Labute approximate surface area is 396 Å². The Hall–Kier alpha value is -4.23. The van der Waals surface area contributed by atoms with Crippen LogP contribution in [0, 0.1) is 10.8 Å². The molecule has 2 aromatic carbocycles. The molecule has 0 amide bonds. The number of esters is 3. The van der Waals surface area contributed by atoms with Gasteiger partial charge in [0.2, 0.25) is 0 Å². The smallest absolute Gasteiger partial charge is 0.309 e. The molecule has 7 nitrogen and oxygen atoms in total. The number of hydrogen-bond acceptors (Lipinski definition) is 7. The quantitative estimate of drug-likeness (QED) is 0.0287. The van der Waals surface area contributed by atoms with E-state index in [-0.39, 0.29) is 34.8 Å². The highest BCUT2D eigenvalue weighted by molar-refractivity contribution is 5.71. The van der Waals surface area contributed by atoms with Gasteiger partial charge < -0.3 is 19.1 Å². The molecular weight excluding hydrogens is 807 g/mol. The number of allylic oxidation sites excluding steroid dienone is 6. The minimum Gasteiger partial charge on any atom is -0.462 e. The first-order valence-electron chi connectivity index (χ1n) is 25.2. The fourth-order valence-electron chi connectivity index (χ4n) is 8.27. The molecule has 0 atom stereocenters. The van der Waals surface area contributed by atoms with Gasteiger partial charge in [-0.1, -0.05) is 188 Å². The molecule has 2 aromatic rings. The minimum absolute atomic E-state index is 0.0123. The first-order valence-corrected chi connectivity index (χ1v) is 25.2. The van der Waals surface area contributed by atoms with Crippen LogP contribution in [0.4, 0.5) is 0 Å². The molecule has 0 saturated heterocycles. The summed E-state index contributed by atoms with van der Waals surface area (Å²) in [5.41, 5.74) is 2.06. The van der Waals surface area contributed by atoms with Crippen LogP contribution in [-0.4, -0.2) is 49.6 Å². The summed E-state index contributed by atoms with van der Waals surface area (Å²) in [5.74, 6) is -0.429. The van der Waals surface area contributed by atoms with Gasteiger partial charge in [-0.2, -0.15) is 0 Å². The van der Waals surface area contributed by atoms with Crippen LogP contribution >= 0.6 is 0 Å². The van der Waals surface area contributed by atoms with Crippen LogP contribution in [0.2, 0.25) is 0 Å². The summed E-state index contributed by atoms with van der Waals surface area (Å²) in [5, 5.41) is 0. The maximum absolute atomic E-state index is 13.4.